The Balaban J connectivity index is 1.73. The van der Waals surface area contributed by atoms with Crippen molar-refractivity contribution < 1.29 is 22.5 Å². The summed E-state index contributed by atoms with van der Waals surface area (Å²) in [6, 6.07) is 16.7. The molecule has 0 atom stereocenters. The second-order valence-electron chi connectivity index (χ2n) is 9.83. The first-order chi connectivity index (χ1) is 16.9. The van der Waals surface area contributed by atoms with Crippen LogP contribution in [-0.4, -0.2) is 41.6 Å². The third kappa shape index (κ3) is 3.91. The molecule has 1 amide bonds. The Morgan fingerprint density at radius 3 is 2.28 bits per heavy atom. The quantitative estimate of drug-likeness (QED) is 0.418. The van der Waals surface area contributed by atoms with E-state index in [1.165, 1.54) is 18.3 Å². The van der Waals surface area contributed by atoms with Gasteiger partial charge in [0.1, 0.15) is 0 Å². The fourth-order valence-corrected chi connectivity index (χ4v) is 5.51. The van der Waals surface area contributed by atoms with E-state index < -0.39 is 34.3 Å². The number of rotatable bonds is 5. The summed E-state index contributed by atoms with van der Waals surface area (Å²) < 4.78 is 40.7. The molecule has 1 saturated heterocycles. The maximum Gasteiger partial charge on any atom is 0.496 e. The summed E-state index contributed by atoms with van der Waals surface area (Å²) >= 11 is 0. The van der Waals surface area contributed by atoms with E-state index in [0.29, 0.717) is 27.5 Å². The van der Waals surface area contributed by atoms with E-state index in [9.17, 15) is 13.2 Å². The first-order valence-corrected chi connectivity index (χ1v) is 12.9. The Morgan fingerprint density at radius 1 is 0.972 bits per heavy atom. The molecule has 2 aromatic carbocycles. The van der Waals surface area contributed by atoms with Gasteiger partial charge in [0.15, 0.2) is 5.65 Å². The minimum Gasteiger partial charge on any atom is -0.399 e. The van der Waals surface area contributed by atoms with E-state index >= 15 is 0 Å². The highest BCUT2D eigenvalue weighted by Gasteiger charge is 2.52. The average molecular weight is 503 g/mol. The summed E-state index contributed by atoms with van der Waals surface area (Å²) in [7, 11) is -4.62. The van der Waals surface area contributed by atoms with E-state index in [2.05, 4.69) is 4.98 Å². The van der Waals surface area contributed by atoms with Gasteiger partial charge in [-0.3, -0.25) is 4.79 Å². The first kappa shape index (κ1) is 24.2. The molecular formula is C26H26BN3O5S. The fourth-order valence-electron chi connectivity index (χ4n) is 4.16. The van der Waals surface area contributed by atoms with Crippen LogP contribution < -0.4 is 11.2 Å². The molecule has 2 N–H and O–H groups in total. The molecule has 184 valence electrons. The molecule has 2 aromatic heterocycles. The van der Waals surface area contributed by atoms with Crippen molar-refractivity contribution in [2.75, 3.05) is 0 Å². The van der Waals surface area contributed by atoms with Crippen molar-refractivity contribution in [3.05, 3.63) is 78.6 Å². The Morgan fingerprint density at radius 2 is 1.64 bits per heavy atom. The first-order valence-electron chi connectivity index (χ1n) is 11.5. The monoisotopic (exact) mass is 503 g/mol. The summed E-state index contributed by atoms with van der Waals surface area (Å²) in [5.74, 6) is -0.575. The van der Waals surface area contributed by atoms with Crippen molar-refractivity contribution in [3.63, 3.8) is 0 Å². The average Bonchev–Trinajstić information content (AvgIpc) is 3.33. The van der Waals surface area contributed by atoms with Gasteiger partial charge in [0.2, 0.25) is 5.91 Å². The summed E-state index contributed by atoms with van der Waals surface area (Å²) in [6.45, 7) is 7.84. The third-order valence-corrected chi connectivity index (χ3v) is 8.58. The van der Waals surface area contributed by atoms with Gasteiger partial charge in [-0.05, 0) is 63.6 Å². The van der Waals surface area contributed by atoms with Crippen LogP contribution in [0.25, 0.3) is 22.2 Å². The van der Waals surface area contributed by atoms with Crippen LogP contribution in [0.2, 0.25) is 0 Å². The number of benzene rings is 2. The highest BCUT2D eigenvalue weighted by molar-refractivity contribution is 7.90. The second kappa shape index (κ2) is 8.30. The number of carbonyl (C=O) groups excluding carboxylic acids is 1. The zero-order valence-corrected chi connectivity index (χ0v) is 21.2. The molecule has 5 rings (SSSR count). The molecule has 36 heavy (non-hydrogen) atoms. The number of primary amides is 1. The number of pyridine rings is 1. The lowest BCUT2D eigenvalue weighted by Crippen LogP contribution is -2.41. The number of nitrogens with zero attached hydrogens (tertiary/aromatic N) is 2. The molecule has 0 aliphatic carbocycles. The summed E-state index contributed by atoms with van der Waals surface area (Å²) in [6.07, 6.45) is 3.10. The number of hydrogen-bond acceptors (Lipinski definition) is 6. The molecule has 0 spiro atoms. The largest absolute Gasteiger partial charge is 0.496 e. The molecule has 8 nitrogen and oxygen atoms in total. The SMILES string of the molecule is CC1(C)OB(c2cnc3c(c2)c(-c2cccc(C(N)=O)c2)cn3S(=O)(=O)c2ccccc2)OC1(C)C. The second-order valence-corrected chi connectivity index (χ2v) is 11.6. The molecule has 1 aliphatic heterocycles. The number of aromatic nitrogens is 2. The molecule has 0 saturated carbocycles. The van der Waals surface area contributed by atoms with E-state index in [-0.39, 0.29) is 10.5 Å². The standard InChI is InChI=1S/C26H26BN3O5S/c1-25(2)26(3,4)35-27(34-25)19-14-21-22(17-9-8-10-18(13-17)23(28)31)16-30(24(21)29-15-19)36(32,33)20-11-6-5-7-12-20/h5-16H,1-4H3,(H2,28,31). The summed E-state index contributed by atoms with van der Waals surface area (Å²) in [4.78, 5) is 16.5. The van der Waals surface area contributed by atoms with E-state index in [4.69, 9.17) is 15.0 Å². The van der Waals surface area contributed by atoms with Crippen molar-refractivity contribution >= 4 is 39.5 Å². The van der Waals surface area contributed by atoms with Crippen LogP contribution >= 0.6 is 0 Å². The van der Waals surface area contributed by atoms with Gasteiger partial charge in [0.25, 0.3) is 10.0 Å². The van der Waals surface area contributed by atoms with Gasteiger partial charge >= 0.3 is 7.12 Å². The zero-order valence-electron chi connectivity index (χ0n) is 20.4. The normalized spacial score (nSPS) is 16.9. The lowest BCUT2D eigenvalue weighted by molar-refractivity contribution is 0.00578. The number of nitrogens with two attached hydrogens (primary N) is 1. The smallest absolute Gasteiger partial charge is 0.399 e. The van der Waals surface area contributed by atoms with Crippen LogP contribution in [0.4, 0.5) is 0 Å². The van der Waals surface area contributed by atoms with Crippen LogP contribution in [0.1, 0.15) is 38.1 Å². The lowest BCUT2D eigenvalue weighted by atomic mass is 9.79. The van der Waals surface area contributed by atoms with Crippen molar-refractivity contribution in [2.24, 2.45) is 5.73 Å². The van der Waals surface area contributed by atoms with Gasteiger partial charge in [-0.15, -0.1) is 0 Å². The van der Waals surface area contributed by atoms with Crippen LogP contribution in [0.3, 0.4) is 0 Å². The van der Waals surface area contributed by atoms with E-state index in [1.807, 2.05) is 33.8 Å². The number of amides is 1. The molecule has 1 aliphatic rings. The molecule has 0 unspecified atom stereocenters. The highest BCUT2D eigenvalue weighted by Crippen LogP contribution is 2.37. The molecule has 0 radical (unpaired) electrons. The van der Waals surface area contributed by atoms with Crippen molar-refractivity contribution in [1.29, 1.82) is 0 Å². The van der Waals surface area contributed by atoms with Gasteiger partial charge in [-0.25, -0.2) is 17.4 Å². The molecular weight excluding hydrogens is 477 g/mol. The molecule has 0 bridgehead atoms. The van der Waals surface area contributed by atoms with Crippen LogP contribution in [-0.2, 0) is 19.3 Å². The predicted molar refractivity (Wildman–Crippen MR) is 138 cm³/mol. The Bertz CT molecular complexity index is 1580. The Labute approximate surface area is 210 Å². The molecule has 10 heteroatoms. The maximum atomic E-state index is 13.6. The van der Waals surface area contributed by atoms with Crippen LogP contribution in [0.15, 0.2) is 78.0 Å². The maximum absolute atomic E-state index is 13.6. The Kier molecular flexibility index (Phi) is 5.59. The lowest BCUT2D eigenvalue weighted by Gasteiger charge is -2.32. The zero-order chi connectivity index (χ0) is 25.9. The van der Waals surface area contributed by atoms with E-state index in [1.54, 1.807) is 48.7 Å². The number of carbonyl (C=O) groups is 1. The van der Waals surface area contributed by atoms with Gasteiger partial charge in [-0.1, -0.05) is 30.3 Å². The Hall–Kier alpha value is -3.47. The van der Waals surface area contributed by atoms with Crippen LogP contribution in [0.5, 0.6) is 0 Å². The van der Waals surface area contributed by atoms with Crippen molar-refractivity contribution in [2.45, 2.75) is 43.8 Å². The number of fused-ring (bicyclic) bond motifs is 1. The topological polar surface area (TPSA) is 114 Å². The minimum absolute atomic E-state index is 0.135. The van der Waals surface area contributed by atoms with Gasteiger partial charge in [-0.2, -0.15) is 0 Å². The van der Waals surface area contributed by atoms with Crippen molar-refractivity contribution in [1.82, 2.24) is 8.96 Å². The molecule has 3 heterocycles. The highest BCUT2D eigenvalue weighted by atomic mass is 32.2. The van der Waals surface area contributed by atoms with Gasteiger partial charge in [0.05, 0.1) is 16.1 Å². The minimum atomic E-state index is -3.95. The molecule has 1 fully saturated rings. The number of hydrogen-bond donors (Lipinski definition) is 1. The van der Waals surface area contributed by atoms with Crippen molar-refractivity contribution in [3.8, 4) is 11.1 Å². The van der Waals surface area contributed by atoms with Gasteiger partial charge in [0, 0.05) is 34.4 Å². The third-order valence-electron chi connectivity index (χ3n) is 6.92. The molecule has 4 aromatic rings. The summed E-state index contributed by atoms with van der Waals surface area (Å²) in [5.41, 5.74) is 6.83. The summed E-state index contributed by atoms with van der Waals surface area (Å²) in [5, 5.41) is 0.573. The fraction of sp³-hybridized carbons (Fsp3) is 0.231. The van der Waals surface area contributed by atoms with Crippen LogP contribution in [0, 0.1) is 0 Å². The van der Waals surface area contributed by atoms with Gasteiger partial charge < -0.3 is 15.0 Å². The van der Waals surface area contributed by atoms with E-state index in [0.717, 1.165) is 3.97 Å². The predicted octanol–water partition coefficient (Wildman–Crippen LogP) is 3.34.